The third kappa shape index (κ3) is 1.96. The van der Waals surface area contributed by atoms with E-state index in [9.17, 15) is 4.39 Å². The maximum atomic E-state index is 13.8. The van der Waals surface area contributed by atoms with E-state index in [2.05, 4.69) is 19.2 Å². The van der Waals surface area contributed by atoms with Crippen LogP contribution in [0.2, 0.25) is 5.02 Å². The van der Waals surface area contributed by atoms with E-state index in [1.54, 1.807) is 11.8 Å². The maximum absolute atomic E-state index is 13.8. The number of halogens is 2. The lowest BCUT2D eigenvalue weighted by molar-refractivity contribution is 0.468. The molecule has 1 aliphatic heterocycles. The molecule has 1 heterocycles. The van der Waals surface area contributed by atoms with Crippen LogP contribution >= 0.6 is 23.4 Å². The topological polar surface area (TPSA) is 12.0 Å². The standard InChI is InChI=1S/C12H15ClFNS/c1-12(2)11(15-3)8-4-7(13)5-10(14)9(8)6-16-12/h4-5,11,15H,6H2,1-3H3. The highest BCUT2D eigenvalue weighted by Gasteiger charge is 2.36. The van der Waals surface area contributed by atoms with Crippen LogP contribution in [0.4, 0.5) is 4.39 Å². The lowest BCUT2D eigenvalue weighted by Gasteiger charge is -2.39. The summed E-state index contributed by atoms with van der Waals surface area (Å²) in [6.07, 6.45) is 0. The van der Waals surface area contributed by atoms with Gasteiger partial charge in [0.05, 0.1) is 0 Å². The molecular formula is C12H15ClFNS. The van der Waals surface area contributed by atoms with Gasteiger partial charge in [-0.25, -0.2) is 4.39 Å². The molecule has 0 aliphatic carbocycles. The molecule has 1 N–H and O–H groups in total. The van der Waals surface area contributed by atoms with E-state index < -0.39 is 0 Å². The number of hydrogen-bond donors (Lipinski definition) is 1. The molecule has 1 nitrogen and oxygen atoms in total. The lowest BCUT2D eigenvalue weighted by atomic mass is 9.91. The van der Waals surface area contributed by atoms with Crippen LogP contribution < -0.4 is 5.32 Å². The fourth-order valence-corrected chi connectivity index (χ4v) is 3.70. The van der Waals surface area contributed by atoms with E-state index in [-0.39, 0.29) is 16.6 Å². The van der Waals surface area contributed by atoms with Crippen molar-refractivity contribution < 1.29 is 4.39 Å². The fourth-order valence-electron chi connectivity index (χ4n) is 2.25. The minimum atomic E-state index is -0.189. The Morgan fingerprint density at radius 2 is 2.19 bits per heavy atom. The van der Waals surface area contributed by atoms with Crippen LogP contribution in [0.3, 0.4) is 0 Å². The molecule has 0 radical (unpaired) electrons. The summed E-state index contributed by atoms with van der Waals surface area (Å²) in [5.41, 5.74) is 1.78. The van der Waals surface area contributed by atoms with E-state index in [0.29, 0.717) is 10.8 Å². The summed E-state index contributed by atoms with van der Waals surface area (Å²) in [5, 5.41) is 3.73. The maximum Gasteiger partial charge on any atom is 0.129 e. The minimum absolute atomic E-state index is 0.0544. The largest absolute Gasteiger partial charge is 0.312 e. The SMILES string of the molecule is CNC1c2cc(Cl)cc(F)c2CSC1(C)C. The van der Waals surface area contributed by atoms with Crippen LogP contribution in [-0.4, -0.2) is 11.8 Å². The van der Waals surface area contributed by atoms with Gasteiger partial charge in [-0.15, -0.1) is 11.8 Å². The zero-order chi connectivity index (χ0) is 11.9. The Bertz CT molecular complexity index is 420. The van der Waals surface area contributed by atoms with Crippen LogP contribution in [0, 0.1) is 5.82 Å². The Labute approximate surface area is 105 Å². The normalized spacial score (nSPS) is 22.9. The summed E-state index contributed by atoms with van der Waals surface area (Å²) >= 11 is 7.69. The number of hydrogen-bond acceptors (Lipinski definition) is 2. The summed E-state index contributed by atoms with van der Waals surface area (Å²) in [7, 11) is 1.90. The molecule has 1 atom stereocenters. The van der Waals surface area contributed by atoms with Gasteiger partial charge in [0.25, 0.3) is 0 Å². The van der Waals surface area contributed by atoms with E-state index in [1.165, 1.54) is 6.07 Å². The van der Waals surface area contributed by atoms with Crippen molar-refractivity contribution in [3.05, 3.63) is 34.1 Å². The predicted octanol–water partition coefficient (Wildman–Crippen LogP) is 3.77. The molecule has 0 spiro atoms. The molecule has 1 unspecified atom stereocenters. The highest BCUT2D eigenvalue weighted by atomic mass is 35.5. The number of thioether (sulfide) groups is 1. The van der Waals surface area contributed by atoms with Crippen LogP contribution in [0.25, 0.3) is 0 Å². The molecule has 1 aliphatic rings. The lowest BCUT2D eigenvalue weighted by Crippen LogP contribution is -2.38. The van der Waals surface area contributed by atoms with Gasteiger partial charge in [0.2, 0.25) is 0 Å². The van der Waals surface area contributed by atoms with Gasteiger partial charge in [-0.2, -0.15) is 0 Å². The quantitative estimate of drug-likeness (QED) is 0.824. The smallest absolute Gasteiger partial charge is 0.129 e. The van der Waals surface area contributed by atoms with Crippen molar-refractivity contribution in [2.24, 2.45) is 0 Å². The number of rotatable bonds is 1. The Hall–Kier alpha value is -0.250. The molecule has 0 saturated heterocycles. The Kier molecular flexibility index (Phi) is 3.21. The fraction of sp³-hybridized carbons (Fsp3) is 0.500. The minimum Gasteiger partial charge on any atom is -0.312 e. The Balaban J connectivity index is 2.57. The molecule has 1 aromatic rings. The summed E-state index contributed by atoms with van der Waals surface area (Å²) in [6, 6.07) is 3.41. The van der Waals surface area contributed by atoms with E-state index >= 15 is 0 Å². The Morgan fingerprint density at radius 3 is 2.81 bits per heavy atom. The third-order valence-electron chi connectivity index (χ3n) is 3.08. The average Bonchev–Trinajstić information content (AvgIpc) is 2.15. The first-order chi connectivity index (χ1) is 7.45. The molecule has 0 saturated carbocycles. The summed E-state index contributed by atoms with van der Waals surface area (Å²) in [5.74, 6) is 0.523. The van der Waals surface area contributed by atoms with Gasteiger partial charge in [-0.3, -0.25) is 0 Å². The number of fused-ring (bicyclic) bond motifs is 1. The van der Waals surface area contributed by atoms with Crippen molar-refractivity contribution in [1.82, 2.24) is 5.32 Å². The first kappa shape index (κ1) is 12.2. The summed E-state index contributed by atoms with van der Waals surface area (Å²) < 4.78 is 13.8. The summed E-state index contributed by atoms with van der Waals surface area (Å²) in [4.78, 5) is 0. The van der Waals surface area contributed by atoms with E-state index in [0.717, 1.165) is 11.1 Å². The predicted molar refractivity (Wildman–Crippen MR) is 68.6 cm³/mol. The van der Waals surface area contributed by atoms with Crippen LogP contribution in [0.1, 0.15) is 31.0 Å². The molecule has 16 heavy (non-hydrogen) atoms. The van der Waals surface area contributed by atoms with Gasteiger partial charge < -0.3 is 5.32 Å². The molecule has 0 amide bonds. The second-order valence-corrected chi connectivity index (χ2v) is 6.64. The van der Waals surface area contributed by atoms with Gasteiger partial charge in [-0.1, -0.05) is 11.6 Å². The monoisotopic (exact) mass is 259 g/mol. The van der Waals surface area contributed by atoms with E-state index in [4.69, 9.17) is 11.6 Å². The first-order valence-electron chi connectivity index (χ1n) is 5.25. The van der Waals surface area contributed by atoms with Gasteiger partial charge in [-0.05, 0) is 38.6 Å². The number of nitrogens with one attached hydrogen (secondary N) is 1. The average molecular weight is 260 g/mol. The van der Waals surface area contributed by atoms with Crippen molar-refractivity contribution in [3.63, 3.8) is 0 Å². The molecule has 0 bridgehead atoms. The zero-order valence-electron chi connectivity index (χ0n) is 9.60. The van der Waals surface area contributed by atoms with Gasteiger partial charge in [0.15, 0.2) is 0 Å². The molecule has 0 fully saturated rings. The molecule has 0 aromatic heterocycles. The van der Waals surface area contributed by atoms with Crippen molar-refractivity contribution in [2.75, 3.05) is 7.05 Å². The van der Waals surface area contributed by atoms with Gasteiger partial charge >= 0.3 is 0 Å². The van der Waals surface area contributed by atoms with Crippen molar-refractivity contribution in [1.29, 1.82) is 0 Å². The molecule has 1 aromatic carbocycles. The van der Waals surface area contributed by atoms with Crippen molar-refractivity contribution in [2.45, 2.75) is 30.4 Å². The van der Waals surface area contributed by atoms with Crippen LogP contribution in [0.15, 0.2) is 12.1 Å². The third-order valence-corrected chi connectivity index (χ3v) is 4.71. The van der Waals surface area contributed by atoms with Crippen LogP contribution in [0.5, 0.6) is 0 Å². The highest BCUT2D eigenvalue weighted by Crippen LogP contribution is 2.46. The second kappa shape index (κ2) is 4.21. The molecular weight excluding hydrogens is 245 g/mol. The first-order valence-corrected chi connectivity index (χ1v) is 6.61. The second-order valence-electron chi connectivity index (χ2n) is 4.57. The van der Waals surface area contributed by atoms with Crippen molar-refractivity contribution in [3.8, 4) is 0 Å². The number of benzene rings is 1. The molecule has 4 heteroatoms. The molecule has 2 rings (SSSR count). The molecule has 88 valence electrons. The van der Waals surface area contributed by atoms with Crippen LogP contribution in [-0.2, 0) is 5.75 Å². The van der Waals surface area contributed by atoms with Gasteiger partial charge in [0.1, 0.15) is 5.82 Å². The van der Waals surface area contributed by atoms with E-state index in [1.807, 2.05) is 13.1 Å². The summed E-state index contributed by atoms with van der Waals surface area (Å²) in [6.45, 7) is 4.33. The van der Waals surface area contributed by atoms with Gasteiger partial charge in [0, 0.05) is 27.1 Å². The van der Waals surface area contributed by atoms with Crippen molar-refractivity contribution >= 4 is 23.4 Å². The Morgan fingerprint density at radius 1 is 1.50 bits per heavy atom. The highest BCUT2D eigenvalue weighted by molar-refractivity contribution is 8.00. The zero-order valence-corrected chi connectivity index (χ0v) is 11.2.